The van der Waals surface area contributed by atoms with E-state index in [1.165, 1.54) is 6.07 Å². The zero-order chi connectivity index (χ0) is 22.3. The second-order valence-electron chi connectivity index (χ2n) is 7.03. The molecule has 0 unspecified atom stereocenters. The van der Waals surface area contributed by atoms with Crippen LogP contribution in [0.3, 0.4) is 0 Å². The fourth-order valence-electron chi connectivity index (χ4n) is 3.24. The molecule has 2 amide bonds. The van der Waals surface area contributed by atoms with E-state index >= 15 is 4.39 Å². The topological polar surface area (TPSA) is 59.6 Å². The average molecular weight is 471 g/mol. The number of hydrogen-bond donors (Lipinski definition) is 2. The van der Waals surface area contributed by atoms with Crippen LogP contribution in [0.4, 0.5) is 20.6 Å². The maximum Gasteiger partial charge on any atom is 0.323 e. The molecule has 0 atom stereocenters. The number of para-hydroxylation sites is 1. The number of urea groups is 1. The van der Waals surface area contributed by atoms with Crippen LogP contribution in [0.1, 0.15) is 15.7 Å². The minimum Gasteiger partial charge on any atom is -0.497 e. The number of nitrogens with one attached hydrogen (secondary N) is 2. The first-order valence-corrected chi connectivity index (χ1v) is 12.2. The number of rotatable bonds is 7. The van der Waals surface area contributed by atoms with E-state index in [2.05, 4.69) is 10.6 Å². The van der Waals surface area contributed by atoms with Crippen LogP contribution < -0.4 is 20.1 Å². The fraction of sp³-hybridized carbons (Fsp3) is 0.208. The molecule has 0 aliphatic carbocycles. The molecule has 1 saturated heterocycles. The molecule has 166 valence electrons. The molecule has 4 rings (SSSR count). The average Bonchev–Trinajstić information content (AvgIpc) is 3.34. The number of halogens is 1. The fourth-order valence-corrected chi connectivity index (χ4v) is 6.11. The maximum absolute atomic E-state index is 15.1. The molecule has 8 heteroatoms. The monoisotopic (exact) mass is 470 g/mol. The number of anilines is 2. The Bertz CT molecular complexity index is 1060. The number of methoxy groups -OCH3 is 1. The number of benzene rings is 3. The van der Waals surface area contributed by atoms with Crippen LogP contribution in [0.25, 0.3) is 0 Å². The van der Waals surface area contributed by atoms with Crippen molar-refractivity contribution >= 4 is 40.9 Å². The van der Waals surface area contributed by atoms with Gasteiger partial charge in [0.1, 0.15) is 12.4 Å². The van der Waals surface area contributed by atoms with Gasteiger partial charge >= 0.3 is 6.03 Å². The number of ether oxygens (including phenoxy) is 2. The summed E-state index contributed by atoms with van der Waals surface area (Å²) in [5, 5.41) is 5.48. The van der Waals surface area contributed by atoms with Gasteiger partial charge in [0.15, 0.2) is 11.6 Å². The third-order valence-corrected chi connectivity index (χ3v) is 7.85. The molecule has 1 aliphatic rings. The first-order chi connectivity index (χ1) is 15.6. The third-order valence-electron chi connectivity index (χ3n) is 4.78. The Hall–Kier alpha value is -2.84. The second-order valence-corrected chi connectivity index (χ2v) is 9.76. The summed E-state index contributed by atoms with van der Waals surface area (Å²) in [5.41, 5.74) is 2.69. The molecule has 0 aromatic heterocycles. The number of carbonyl (C=O) groups is 1. The zero-order valence-corrected chi connectivity index (χ0v) is 19.1. The van der Waals surface area contributed by atoms with Gasteiger partial charge in [-0.15, -0.1) is 23.5 Å². The summed E-state index contributed by atoms with van der Waals surface area (Å²) in [6, 6.07) is 19.2. The SMILES string of the molecule is COc1ccc(COc2c(F)cc(NC(=O)Nc3ccccc3)cc2C2SCCS2)cc1. The molecular formula is C24H23FN2O3S2. The molecule has 0 bridgehead atoms. The summed E-state index contributed by atoms with van der Waals surface area (Å²) < 4.78 is 26.3. The van der Waals surface area contributed by atoms with Gasteiger partial charge in [-0.3, -0.25) is 0 Å². The van der Waals surface area contributed by atoms with E-state index in [4.69, 9.17) is 9.47 Å². The molecule has 1 fully saturated rings. The highest BCUT2D eigenvalue weighted by Crippen LogP contribution is 2.49. The summed E-state index contributed by atoms with van der Waals surface area (Å²) in [5.74, 6) is 2.45. The Morgan fingerprint density at radius 2 is 1.69 bits per heavy atom. The van der Waals surface area contributed by atoms with Crippen molar-refractivity contribution in [2.45, 2.75) is 11.2 Å². The van der Waals surface area contributed by atoms with Crippen LogP contribution in [0, 0.1) is 5.82 Å². The largest absolute Gasteiger partial charge is 0.497 e. The van der Waals surface area contributed by atoms with Crippen LogP contribution in [-0.2, 0) is 6.61 Å². The van der Waals surface area contributed by atoms with Gasteiger partial charge in [0.25, 0.3) is 0 Å². The number of hydrogen-bond acceptors (Lipinski definition) is 5. The van der Waals surface area contributed by atoms with Gasteiger partial charge in [0, 0.05) is 34.5 Å². The molecule has 5 nitrogen and oxygen atoms in total. The van der Waals surface area contributed by atoms with Crippen molar-refractivity contribution in [3.8, 4) is 11.5 Å². The maximum atomic E-state index is 15.1. The Morgan fingerprint density at radius 3 is 2.38 bits per heavy atom. The van der Waals surface area contributed by atoms with Crippen LogP contribution in [-0.4, -0.2) is 24.6 Å². The molecule has 1 heterocycles. The van der Waals surface area contributed by atoms with Crippen LogP contribution >= 0.6 is 23.5 Å². The first kappa shape index (κ1) is 22.4. The van der Waals surface area contributed by atoms with E-state index in [-0.39, 0.29) is 16.9 Å². The molecule has 32 heavy (non-hydrogen) atoms. The molecular weight excluding hydrogens is 447 g/mol. The van der Waals surface area contributed by atoms with Crippen molar-refractivity contribution in [3.63, 3.8) is 0 Å². The summed E-state index contributed by atoms with van der Waals surface area (Å²) in [7, 11) is 1.61. The molecule has 0 spiro atoms. The smallest absolute Gasteiger partial charge is 0.323 e. The Labute approximate surface area is 195 Å². The van der Waals surface area contributed by atoms with Gasteiger partial charge < -0.3 is 20.1 Å². The minimum atomic E-state index is -0.501. The molecule has 0 radical (unpaired) electrons. The molecule has 3 aromatic carbocycles. The predicted octanol–water partition coefficient (Wildman–Crippen LogP) is 6.54. The Morgan fingerprint density at radius 1 is 1.00 bits per heavy atom. The zero-order valence-electron chi connectivity index (χ0n) is 17.5. The lowest BCUT2D eigenvalue weighted by Gasteiger charge is -2.18. The highest BCUT2D eigenvalue weighted by atomic mass is 32.2. The number of amides is 2. The van der Waals surface area contributed by atoms with E-state index in [1.807, 2.05) is 42.5 Å². The highest BCUT2D eigenvalue weighted by molar-refractivity contribution is 8.19. The van der Waals surface area contributed by atoms with E-state index in [0.717, 1.165) is 28.4 Å². The molecule has 1 aliphatic heterocycles. The predicted molar refractivity (Wildman–Crippen MR) is 130 cm³/mol. The van der Waals surface area contributed by atoms with Gasteiger partial charge in [0.2, 0.25) is 0 Å². The van der Waals surface area contributed by atoms with Crippen molar-refractivity contribution < 1.29 is 18.7 Å². The van der Waals surface area contributed by atoms with E-state index in [1.54, 1.807) is 48.8 Å². The first-order valence-electron chi connectivity index (χ1n) is 10.1. The van der Waals surface area contributed by atoms with E-state index in [9.17, 15) is 4.79 Å². The Balaban J connectivity index is 1.52. The normalized spacial score (nSPS) is 13.6. The summed E-state index contributed by atoms with van der Waals surface area (Å²) >= 11 is 3.49. The van der Waals surface area contributed by atoms with Crippen LogP contribution in [0.5, 0.6) is 11.5 Å². The lowest BCUT2D eigenvalue weighted by molar-refractivity contribution is 0.262. The molecule has 3 aromatic rings. The quantitative estimate of drug-likeness (QED) is 0.411. The minimum absolute atomic E-state index is 0.0503. The van der Waals surface area contributed by atoms with Crippen molar-refractivity contribution in [2.24, 2.45) is 0 Å². The van der Waals surface area contributed by atoms with E-state index in [0.29, 0.717) is 11.4 Å². The Kier molecular flexibility index (Phi) is 7.44. The number of thioether (sulfide) groups is 2. The molecule has 2 N–H and O–H groups in total. The lowest BCUT2D eigenvalue weighted by atomic mass is 10.1. The lowest BCUT2D eigenvalue weighted by Crippen LogP contribution is -2.19. The van der Waals surface area contributed by atoms with Gasteiger partial charge in [-0.05, 0) is 35.9 Å². The van der Waals surface area contributed by atoms with Crippen molar-refractivity contribution in [1.29, 1.82) is 0 Å². The third kappa shape index (κ3) is 5.69. The van der Waals surface area contributed by atoms with Crippen molar-refractivity contribution in [2.75, 3.05) is 29.2 Å². The van der Waals surface area contributed by atoms with E-state index < -0.39 is 11.8 Å². The van der Waals surface area contributed by atoms with Gasteiger partial charge in [-0.1, -0.05) is 30.3 Å². The van der Waals surface area contributed by atoms with Gasteiger partial charge in [-0.2, -0.15) is 0 Å². The molecule has 0 saturated carbocycles. The van der Waals surface area contributed by atoms with Gasteiger partial charge in [-0.25, -0.2) is 9.18 Å². The summed E-state index contributed by atoms with van der Waals surface area (Å²) in [6.45, 7) is 0.233. The van der Waals surface area contributed by atoms with Crippen molar-refractivity contribution in [1.82, 2.24) is 0 Å². The van der Waals surface area contributed by atoms with Gasteiger partial charge in [0.05, 0.1) is 11.7 Å². The summed E-state index contributed by atoms with van der Waals surface area (Å²) in [4.78, 5) is 12.4. The van der Waals surface area contributed by atoms with Crippen LogP contribution in [0.2, 0.25) is 0 Å². The van der Waals surface area contributed by atoms with Crippen LogP contribution in [0.15, 0.2) is 66.7 Å². The van der Waals surface area contributed by atoms with Crippen molar-refractivity contribution in [3.05, 3.63) is 83.7 Å². The highest BCUT2D eigenvalue weighted by Gasteiger charge is 2.25. The second kappa shape index (κ2) is 10.7. The number of carbonyl (C=O) groups excluding carboxylic acids is 1. The standard InChI is InChI=1S/C24H23FN2O3S2/c1-29-19-9-7-16(8-10-19)15-30-22-20(23-31-11-12-32-23)13-18(14-21(22)25)27-24(28)26-17-5-3-2-4-6-17/h2-10,13-14,23H,11-12,15H2,1H3,(H2,26,27,28). The summed E-state index contributed by atoms with van der Waals surface area (Å²) in [6.07, 6.45) is 0.